The standard InChI is InChI=1S/C26H25NO5S/c1-4-32-19-12-11-17(14-16(19)2)24(28)22-23(21-10-7-13-33-21)27(26(30)25(22)29)15-18-8-5-6-9-20(18)31-3/h5-14,23,28H,4,15H2,1-3H3/b24-22-. The van der Waals surface area contributed by atoms with Gasteiger partial charge in [-0.15, -0.1) is 11.3 Å². The Bertz CT molecular complexity index is 1220. The summed E-state index contributed by atoms with van der Waals surface area (Å²) in [4.78, 5) is 28.6. The molecule has 1 aromatic heterocycles. The second-order valence-electron chi connectivity index (χ2n) is 7.67. The normalized spacial score (nSPS) is 17.4. The molecule has 0 bridgehead atoms. The van der Waals surface area contributed by atoms with Crippen LogP contribution >= 0.6 is 11.3 Å². The van der Waals surface area contributed by atoms with Crippen molar-refractivity contribution in [1.29, 1.82) is 0 Å². The molecule has 1 aliphatic heterocycles. The molecule has 170 valence electrons. The van der Waals surface area contributed by atoms with E-state index < -0.39 is 17.7 Å². The number of aliphatic hydroxyl groups excluding tert-OH is 1. The number of aryl methyl sites for hydroxylation is 1. The van der Waals surface area contributed by atoms with Gasteiger partial charge in [0.2, 0.25) is 0 Å². The summed E-state index contributed by atoms with van der Waals surface area (Å²) in [6, 6.07) is 15.6. The van der Waals surface area contributed by atoms with Crippen LogP contribution in [-0.4, -0.2) is 35.4 Å². The van der Waals surface area contributed by atoms with Crippen LogP contribution in [0.25, 0.3) is 5.76 Å². The Morgan fingerprint density at radius 1 is 1.09 bits per heavy atom. The van der Waals surface area contributed by atoms with Gasteiger partial charge in [-0.25, -0.2) is 0 Å². The number of thiophene rings is 1. The molecular weight excluding hydrogens is 438 g/mol. The molecule has 7 heteroatoms. The van der Waals surface area contributed by atoms with E-state index in [4.69, 9.17) is 9.47 Å². The number of ether oxygens (including phenoxy) is 2. The second-order valence-corrected chi connectivity index (χ2v) is 8.65. The molecule has 1 N–H and O–H groups in total. The third-order valence-corrected chi connectivity index (χ3v) is 6.56. The molecular formula is C26H25NO5S. The molecule has 1 unspecified atom stereocenters. The van der Waals surface area contributed by atoms with Crippen molar-refractivity contribution in [2.75, 3.05) is 13.7 Å². The van der Waals surface area contributed by atoms with Crippen molar-refractivity contribution in [2.45, 2.75) is 26.4 Å². The van der Waals surface area contributed by atoms with E-state index in [-0.39, 0.29) is 17.9 Å². The zero-order valence-corrected chi connectivity index (χ0v) is 19.5. The van der Waals surface area contributed by atoms with Crippen molar-refractivity contribution in [1.82, 2.24) is 4.90 Å². The van der Waals surface area contributed by atoms with Crippen LogP contribution < -0.4 is 9.47 Å². The van der Waals surface area contributed by atoms with E-state index >= 15 is 0 Å². The Labute approximate surface area is 196 Å². The quantitative estimate of drug-likeness (QED) is 0.300. The third kappa shape index (κ3) is 4.24. The summed E-state index contributed by atoms with van der Waals surface area (Å²) in [7, 11) is 1.57. The fraction of sp³-hybridized carbons (Fsp3) is 0.231. The number of aliphatic hydroxyl groups is 1. The molecule has 2 heterocycles. The lowest BCUT2D eigenvalue weighted by Gasteiger charge is -2.25. The number of ketones is 1. The van der Waals surface area contributed by atoms with Gasteiger partial charge in [-0.1, -0.05) is 24.3 Å². The van der Waals surface area contributed by atoms with Gasteiger partial charge in [0.15, 0.2) is 0 Å². The van der Waals surface area contributed by atoms with Crippen molar-refractivity contribution in [3.63, 3.8) is 0 Å². The summed E-state index contributed by atoms with van der Waals surface area (Å²) in [5.74, 6) is -0.205. The lowest BCUT2D eigenvalue weighted by atomic mass is 9.98. The predicted octanol–water partition coefficient (Wildman–Crippen LogP) is 5.09. The summed E-state index contributed by atoms with van der Waals surface area (Å²) in [5, 5.41) is 13.1. The summed E-state index contributed by atoms with van der Waals surface area (Å²) in [6.07, 6.45) is 0. The SMILES string of the molecule is CCOc1ccc(/C(O)=C2/C(=O)C(=O)N(Cc3ccccc3OC)C2c2cccs2)cc1C. The molecule has 33 heavy (non-hydrogen) atoms. The number of hydrogen-bond acceptors (Lipinski definition) is 6. The van der Waals surface area contributed by atoms with Crippen LogP contribution in [0.1, 0.15) is 34.5 Å². The van der Waals surface area contributed by atoms with Gasteiger partial charge in [0.1, 0.15) is 17.3 Å². The van der Waals surface area contributed by atoms with Crippen LogP contribution in [0.5, 0.6) is 11.5 Å². The molecule has 1 amide bonds. The van der Waals surface area contributed by atoms with Crippen molar-refractivity contribution in [3.05, 3.63) is 87.1 Å². The van der Waals surface area contributed by atoms with E-state index in [2.05, 4.69) is 0 Å². The van der Waals surface area contributed by atoms with Crippen molar-refractivity contribution >= 4 is 28.8 Å². The van der Waals surface area contributed by atoms with E-state index in [1.807, 2.05) is 55.6 Å². The molecule has 0 aliphatic carbocycles. The molecule has 0 spiro atoms. The Balaban J connectivity index is 1.81. The minimum Gasteiger partial charge on any atom is -0.507 e. The average molecular weight is 464 g/mol. The maximum absolute atomic E-state index is 13.2. The van der Waals surface area contributed by atoms with Gasteiger partial charge in [-0.3, -0.25) is 9.59 Å². The molecule has 6 nitrogen and oxygen atoms in total. The van der Waals surface area contributed by atoms with E-state index in [1.54, 1.807) is 25.3 Å². The van der Waals surface area contributed by atoms with Gasteiger partial charge in [0, 0.05) is 16.0 Å². The highest BCUT2D eigenvalue weighted by atomic mass is 32.1. The lowest BCUT2D eigenvalue weighted by Crippen LogP contribution is -2.29. The van der Waals surface area contributed by atoms with Crippen LogP contribution in [-0.2, 0) is 16.1 Å². The van der Waals surface area contributed by atoms with Gasteiger partial charge in [0.05, 0.1) is 31.9 Å². The number of likely N-dealkylation sites (tertiary alicyclic amines) is 1. The van der Waals surface area contributed by atoms with Crippen LogP contribution in [0, 0.1) is 6.92 Å². The number of methoxy groups -OCH3 is 1. The largest absolute Gasteiger partial charge is 0.507 e. The molecule has 2 aromatic carbocycles. The minimum absolute atomic E-state index is 0.0842. The number of carbonyl (C=O) groups is 2. The number of rotatable bonds is 7. The Hall–Kier alpha value is -3.58. The predicted molar refractivity (Wildman–Crippen MR) is 128 cm³/mol. The molecule has 0 radical (unpaired) electrons. The van der Waals surface area contributed by atoms with Gasteiger partial charge in [0.25, 0.3) is 11.7 Å². The molecule has 0 saturated carbocycles. The monoisotopic (exact) mass is 463 g/mol. The number of para-hydroxylation sites is 1. The van der Waals surface area contributed by atoms with E-state index in [0.29, 0.717) is 23.7 Å². The number of benzene rings is 2. The summed E-state index contributed by atoms with van der Waals surface area (Å²) < 4.78 is 11.0. The number of carbonyl (C=O) groups excluding carboxylic acids is 2. The maximum atomic E-state index is 13.2. The van der Waals surface area contributed by atoms with Crippen molar-refractivity contribution < 1.29 is 24.2 Å². The fourth-order valence-electron chi connectivity index (χ4n) is 4.07. The topological polar surface area (TPSA) is 76.1 Å². The van der Waals surface area contributed by atoms with Gasteiger partial charge in [-0.2, -0.15) is 0 Å². The first-order valence-electron chi connectivity index (χ1n) is 10.6. The number of amides is 1. The van der Waals surface area contributed by atoms with Gasteiger partial charge < -0.3 is 19.5 Å². The second kappa shape index (κ2) is 9.50. The molecule has 4 rings (SSSR count). The highest BCUT2D eigenvalue weighted by Crippen LogP contribution is 2.42. The van der Waals surface area contributed by atoms with Gasteiger partial charge >= 0.3 is 0 Å². The fourth-order valence-corrected chi connectivity index (χ4v) is 4.92. The zero-order valence-electron chi connectivity index (χ0n) is 18.7. The molecule has 1 aliphatic rings. The summed E-state index contributed by atoms with van der Waals surface area (Å²) in [6.45, 7) is 4.48. The first-order chi connectivity index (χ1) is 16.0. The minimum atomic E-state index is -0.702. The first-order valence-corrected chi connectivity index (χ1v) is 11.5. The van der Waals surface area contributed by atoms with Crippen molar-refractivity contribution in [3.8, 4) is 11.5 Å². The Kier molecular flexibility index (Phi) is 6.51. The van der Waals surface area contributed by atoms with E-state index in [9.17, 15) is 14.7 Å². The van der Waals surface area contributed by atoms with Crippen LogP contribution in [0.3, 0.4) is 0 Å². The van der Waals surface area contributed by atoms with Crippen LogP contribution in [0.15, 0.2) is 65.6 Å². The maximum Gasteiger partial charge on any atom is 0.295 e. The highest BCUT2D eigenvalue weighted by molar-refractivity contribution is 7.10. The first kappa shape index (κ1) is 22.6. The number of Topliss-reactive ketones (excluding diaryl/α,β-unsaturated/α-hetero) is 1. The Morgan fingerprint density at radius 3 is 2.55 bits per heavy atom. The Morgan fingerprint density at radius 2 is 1.88 bits per heavy atom. The molecule has 3 aromatic rings. The van der Waals surface area contributed by atoms with Crippen LogP contribution in [0.4, 0.5) is 0 Å². The van der Waals surface area contributed by atoms with Gasteiger partial charge in [-0.05, 0) is 55.1 Å². The number of hydrogen-bond donors (Lipinski definition) is 1. The third-order valence-electron chi connectivity index (χ3n) is 5.63. The van der Waals surface area contributed by atoms with Crippen molar-refractivity contribution in [2.24, 2.45) is 0 Å². The zero-order chi connectivity index (χ0) is 23.5. The lowest BCUT2D eigenvalue weighted by molar-refractivity contribution is -0.140. The molecule has 1 saturated heterocycles. The smallest absolute Gasteiger partial charge is 0.295 e. The summed E-state index contributed by atoms with van der Waals surface area (Å²) >= 11 is 1.43. The summed E-state index contributed by atoms with van der Waals surface area (Å²) in [5.41, 5.74) is 2.16. The highest BCUT2D eigenvalue weighted by Gasteiger charge is 2.46. The molecule has 1 atom stereocenters. The molecule has 1 fully saturated rings. The number of nitrogens with zero attached hydrogens (tertiary/aromatic N) is 1. The van der Waals surface area contributed by atoms with E-state index in [1.165, 1.54) is 16.2 Å². The van der Waals surface area contributed by atoms with Crippen LogP contribution in [0.2, 0.25) is 0 Å². The van der Waals surface area contributed by atoms with E-state index in [0.717, 1.165) is 16.0 Å². The average Bonchev–Trinajstić information content (AvgIpc) is 3.43.